The van der Waals surface area contributed by atoms with E-state index < -0.39 is 29.8 Å². The number of ether oxygens (including phenoxy) is 2. The number of nitrogens with two attached hydrogens (primary N) is 1. The lowest BCUT2D eigenvalue weighted by molar-refractivity contribution is -0.170. The van der Waals surface area contributed by atoms with Gasteiger partial charge in [0.15, 0.2) is 11.6 Å². The number of benzene rings is 1. The van der Waals surface area contributed by atoms with Crippen LogP contribution in [0.3, 0.4) is 0 Å². The number of hydrogen-bond donors (Lipinski definition) is 1. The number of aromatic nitrogens is 3. The molecule has 5 heterocycles. The topological polar surface area (TPSA) is 110 Å². The number of anilines is 1. The molecule has 2 aliphatic heterocycles. The van der Waals surface area contributed by atoms with Gasteiger partial charge in [0.1, 0.15) is 23.2 Å². The second-order valence-electron chi connectivity index (χ2n) is 9.54. The molecule has 4 aromatic rings. The highest BCUT2D eigenvalue weighted by atomic mass is 32.1. The molecule has 0 amide bonds. The van der Waals surface area contributed by atoms with Gasteiger partial charge in [0.2, 0.25) is 0 Å². The molecule has 39 heavy (non-hydrogen) atoms. The molecule has 202 valence electrons. The van der Waals surface area contributed by atoms with E-state index in [0.717, 1.165) is 17.5 Å². The molecule has 1 aromatic carbocycles. The minimum atomic E-state index is -4.30. The average Bonchev–Trinajstić information content (AvgIpc) is 3.61. The number of thiophene rings is 1. The number of fused-ring (bicyclic) bond motifs is 4. The van der Waals surface area contributed by atoms with E-state index >= 15 is 4.39 Å². The lowest BCUT2D eigenvalue weighted by Gasteiger charge is -2.19. The zero-order chi connectivity index (χ0) is 27.6. The van der Waals surface area contributed by atoms with E-state index in [9.17, 15) is 22.8 Å². The first-order valence-electron chi connectivity index (χ1n) is 11.8. The number of halogens is 5. The first kappa shape index (κ1) is 25.6. The summed E-state index contributed by atoms with van der Waals surface area (Å²) in [7, 11) is 1.58. The van der Waals surface area contributed by atoms with Gasteiger partial charge in [-0.3, -0.25) is 9.88 Å². The maximum Gasteiger partial charge on any atom is 0.393 e. The molecule has 0 unspecified atom stereocenters. The van der Waals surface area contributed by atoms with Gasteiger partial charge in [-0.15, -0.1) is 11.3 Å². The van der Waals surface area contributed by atoms with E-state index in [1.807, 2.05) is 6.07 Å². The van der Waals surface area contributed by atoms with Gasteiger partial charge in [-0.05, 0) is 24.6 Å². The Balaban J connectivity index is 1.43. The van der Waals surface area contributed by atoms with Gasteiger partial charge in [0, 0.05) is 35.1 Å². The van der Waals surface area contributed by atoms with Crippen molar-refractivity contribution in [2.75, 3.05) is 25.9 Å². The number of nitrogens with zero attached hydrogens (tertiary/aromatic N) is 5. The number of rotatable bonds is 4. The van der Waals surface area contributed by atoms with Crippen molar-refractivity contribution in [2.24, 2.45) is 5.92 Å². The van der Waals surface area contributed by atoms with E-state index in [-0.39, 0.29) is 76.2 Å². The van der Waals surface area contributed by atoms with Crippen LogP contribution in [0.2, 0.25) is 0 Å². The number of likely N-dealkylation sites (tertiary alicyclic amines) is 1. The molecule has 2 N–H and O–H groups in total. The Bertz CT molecular complexity index is 1680. The number of pyridine rings is 1. The minimum absolute atomic E-state index is 0.00231. The normalized spacial score (nSPS) is 19.6. The molecule has 0 bridgehead atoms. The second kappa shape index (κ2) is 9.22. The van der Waals surface area contributed by atoms with Crippen molar-refractivity contribution in [1.82, 2.24) is 19.9 Å². The molecule has 3 aromatic heterocycles. The van der Waals surface area contributed by atoms with Gasteiger partial charge in [-0.2, -0.15) is 23.4 Å². The Hall–Kier alpha value is -3.67. The van der Waals surface area contributed by atoms with Gasteiger partial charge >= 0.3 is 12.2 Å². The molecule has 14 heteroatoms. The van der Waals surface area contributed by atoms with E-state index in [1.54, 1.807) is 11.9 Å². The summed E-state index contributed by atoms with van der Waals surface area (Å²) in [6.07, 6.45) is -2.11. The van der Waals surface area contributed by atoms with E-state index in [0.29, 0.717) is 16.5 Å². The zero-order valence-corrected chi connectivity index (χ0v) is 21.1. The third-order valence-corrected chi connectivity index (χ3v) is 8.31. The predicted molar refractivity (Wildman–Crippen MR) is 132 cm³/mol. The summed E-state index contributed by atoms with van der Waals surface area (Å²) in [6, 6.07) is 1.23. The lowest BCUT2D eigenvalue weighted by atomic mass is 9.94. The SMILES string of the molecule is CN1C[C@H](C(F)(F)F)C[C@H]1COc1ncc2c3c(c(-c4ncc(F)c5sc(N)c(C#N)c45)c(F)c2n1)COC3. The van der Waals surface area contributed by atoms with Crippen LogP contribution in [0.4, 0.5) is 27.0 Å². The Kier molecular flexibility index (Phi) is 6.05. The first-order valence-corrected chi connectivity index (χ1v) is 12.6. The van der Waals surface area contributed by atoms with Crippen molar-refractivity contribution in [1.29, 1.82) is 5.26 Å². The average molecular weight is 563 g/mol. The van der Waals surface area contributed by atoms with Gasteiger partial charge < -0.3 is 15.2 Å². The van der Waals surface area contributed by atoms with Crippen LogP contribution in [-0.2, 0) is 18.0 Å². The molecule has 0 saturated carbocycles. The number of likely N-dealkylation sites (N-methyl/N-ethyl adjacent to an activating group) is 1. The van der Waals surface area contributed by atoms with Crippen LogP contribution in [0.15, 0.2) is 12.4 Å². The number of hydrogen-bond acceptors (Lipinski definition) is 9. The minimum Gasteiger partial charge on any atom is -0.462 e. The third kappa shape index (κ3) is 4.12. The number of alkyl halides is 3. The molecule has 0 radical (unpaired) electrons. The molecule has 8 nitrogen and oxygen atoms in total. The van der Waals surface area contributed by atoms with Crippen molar-refractivity contribution < 1.29 is 31.4 Å². The van der Waals surface area contributed by atoms with Crippen LogP contribution in [-0.4, -0.2) is 52.3 Å². The fourth-order valence-corrected chi connectivity index (χ4v) is 6.21. The summed E-state index contributed by atoms with van der Waals surface area (Å²) >= 11 is 0.871. The van der Waals surface area contributed by atoms with Crippen molar-refractivity contribution >= 4 is 37.3 Å². The van der Waals surface area contributed by atoms with Crippen molar-refractivity contribution in [3.63, 3.8) is 0 Å². The van der Waals surface area contributed by atoms with Crippen molar-refractivity contribution in [3.8, 4) is 23.3 Å². The maximum atomic E-state index is 16.3. The largest absolute Gasteiger partial charge is 0.462 e. The second-order valence-corrected chi connectivity index (χ2v) is 10.6. The van der Waals surface area contributed by atoms with Crippen LogP contribution in [0.25, 0.3) is 32.2 Å². The van der Waals surface area contributed by atoms with Crippen LogP contribution < -0.4 is 10.5 Å². The lowest BCUT2D eigenvalue weighted by Crippen LogP contribution is -2.31. The van der Waals surface area contributed by atoms with Crippen LogP contribution >= 0.6 is 11.3 Å². The number of nitriles is 1. The fourth-order valence-electron chi connectivity index (χ4n) is 5.28. The van der Waals surface area contributed by atoms with E-state index in [4.69, 9.17) is 15.2 Å². The Morgan fingerprint density at radius 3 is 2.72 bits per heavy atom. The molecule has 2 aliphatic rings. The molecular formula is C25H19F5N6O2S. The van der Waals surface area contributed by atoms with Crippen LogP contribution in [0.5, 0.6) is 6.01 Å². The molecule has 0 aliphatic carbocycles. The molecular weight excluding hydrogens is 543 g/mol. The quantitative estimate of drug-likeness (QED) is 0.349. The van der Waals surface area contributed by atoms with Crippen LogP contribution in [0.1, 0.15) is 23.1 Å². The highest BCUT2D eigenvalue weighted by Crippen LogP contribution is 2.45. The molecule has 0 spiro atoms. The summed E-state index contributed by atoms with van der Waals surface area (Å²) < 4.78 is 81.6. The molecule has 6 rings (SSSR count). The Labute approximate surface area is 221 Å². The van der Waals surface area contributed by atoms with Gasteiger partial charge in [-0.1, -0.05) is 0 Å². The third-order valence-electron chi connectivity index (χ3n) is 7.28. The summed E-state index contributed by atoms with van der Waals surface area (Å²) in [5, 5.41) is 10.2. The Morgan fingerprint density at radius 2 is 2.00 bits per heavy atom. The van der Waals surface area contributed by atoms with E-state index in [1.165, 1.54) is 6.20 Å². The fraction of sp³-hybridized carbons (Fsp3) is 0.360. The monoisotopic (exact) mass is 562 g/mol. The highest BCUT2D eigenvalue weighted by molar-refractivity contribution is 7.23. The van der Waals surface area contributed by atoms with Crippen molar-refractivity contribution in [2.45, 2.75) is 31.9 Å². The predicted octanol–water partition coefficient (Wildman–Crippen LogP) is 4.93. The molecule has 1 saturated heterocycles. The maximum absolute atomic E-state index is 16.3. The summed E-state index contributed by atoms with van der Waals surface area (Å²) in [5.74, 6) is -2.95. The smallest absolute Gasteiger partial charge is 0.393 e. The zero-order valence-electron chi connectivity index (χ0n) is 20.3. The van der Waals surface area contributed by atoms with Gasteiger partial charge in [0.25, 0.3) is 0 Å². The molecule has 2 atom stereocenters. The summed E-state index contributed by atoms with van der Waals surface area (Å²) in [4.78, 5) is 14.1. The Morgan fingerprint density at radius 1 is 1.23 bits per heavy atom. The standard InChI is InChI=1S/C25H19F5N6O2S/c1-36-6-10(25(28,29)30)2-11(36)7-38-24-34-4-13-14-8-37-9-15(14)17(19(27)20(13)35-24)21-18-12(3-31)23(32)39-22(18)16(26)5-33-21/h4-5,10-11H,2,6-9,32H2,1H3/t10-,11+/m1/s1. The summed E-state index contributed by atoms with van der Waals surface area (Å²) in [5.41, 5.74) is 6.94. The highest BCUT2D eigenvalue weighted by Gasteiger charge is 2.46. The van der Waals surface area contributed by atoms with Gasteiger partial charge in [0.05, 0.1) is 41.3 Å². The number of nitrogen functional groups attached to an aromatic ring is 1. The van der Waals surface area contributed by atoms with Crippen LogP contribution in [0, 0.1) is 28.9 Å². The first-order chi connectivity index (χ1) is 18.6. The van der Waals surface area contributed by atoms with E-state index in [2.05, 4.69) is 15.0 Å². The summed E-state index contributed by atoms with van der Waals surface area (Å²) in [6.45, 7) is -0.0735. The van der Waals surface area contributed by atoms with Crippen molar-refractivity contribution in [3.05, 3.63) is 40.7 Å². The molecule has 1 fully saturated rings. The van der Waals surface area contributed by atoms with Gasteiger partial charge in [-0.25, -0.2) is 13.8 Å².